The van der Waals surface area contributed by atoms with Crippen LogP contribution in [0.5, 0.6) is 0 Å². The Balaban J connectivity index is 1.50. The van der Waals surface area contributed by atoms with Crippen LogP contribution in [0.1, 0.15) is 26.2 Å². The number of morpholine rings is 1. The monoisotopic (exact) mass is 269 g/mol. The maximum Gasteiger partial charge on any atom is 0.236 e. The highest BCUT2D eigenvalue weighted by Crippen LogP contribution is 2.26. The van der Waals surface area contributed by atoms with Gasteiger partial charge < -0.3 is 15.0 Å². The third-order valence-corrected chi connectivity index (χ3v) is 3.86. The van der Waals surface area contributed by atoms with Crippen molar-refractivity contribution in [3.05, 3.63) is 0 Å². The van der Waals surface area contributed by atoms with Gasteiger partial charge in [-0.15, -0.1) is 0 Å². The summed E-state index contributed by atoms with van der Waals surface area (Å²) in [5.41, 5.74) is 0. The Bertz CT molecular complexity index is 276. The van der Waals surface area contributed by atoms with Crippen LogP contribution >= 0.6 is 0 Å². The minimum Gasteiger partial charge on any atom is -0.379 e. The minimum absolute atomic E-state index is 0.261. The summed E-state index contributed by atoms with van der Waals surface area (Å²) in [6, 6.07) is 0.535. The second-order valence-corrected chi connectivity index (χ2v) is 5.40. The van der Waals surface area contributed by atoms with Crippen molar-refractivity contribution in [3.63, 3.8) is 0 Å². The predicted molar refractivity (Wildman–Crippen MR) is 75.2 cm³/mol. The zero-order valence-electron chi connectivity index (χ0n) is 12.1. The van der Waals surface area contributed by atoms with Gasteiger partial charge in [-0.2, -0.15) is 0 Å². The van der Waals surface area contributed by atoms with Crippen LogP contribution in [-0.2, 0) is 9.53 Å². The zero-order chi connectivity index (χ0) is 13.5. The number of nitrogens with one attached hydrogen (secondary N) is 1. The summed E-state index contributed by atoms with van der Waals surface area (Å²) in [6.07, 6.45) is 3.48. The molecule has 1 aliphatic carbocycles. The van der Waals surface area contributed by atoms with Crippen LogP contribution in [0.25, 0.3) is 0 Å². The lowest BCUT2D eigenvalue weighted by Gasteiger charge is -2.26. The molecule has 0 aromatic carbocycles. The maximum atomic E-state index is 12.0. The Morgan fingerprint density at radius 3 is 2.74 bits per heavy atom. The molecule has 0 bridgehead atoms. The molecule has 1 N–H and O–H groups in total. The lowest BCUT2D eigenvalue weighted by atomic mass is 10.3. The van der Waals surface area contributed by atoms with Crippen molar-refractivity contribution in [1.82, 2.24) is 15.1 Å². The summed E-state index contributed by atoms with van der Waals surface area (Å²) in [4.78, 5) is 16.4. The van der Waals surface area contributed by atoms with Crippen LogP contribution < -0.4 is 5.32 Å². The Hall–Kier alpha value is -0.650. The van der Waals surface area contributed by atoms with Crippen LogP contribution in [-0.4, -0.2) is 74.2 Å². The number of amides is 1. The van der Waals surface area contributed by atoms with E-state index in [0.29, 0.717) is 12.6 Å². The fourth-order valence-electron chi connectivity index (χ4n) is 2.57. The lowest BCUT2D eigenvalue weighted by molar-refractivity contribution is -0.130. The van der Waals surface area contributed by atoms with Crippen molar-refractivity contribution in [3.8, 4) is 0 Å². The highest BCUT2D eigenvalue weighted by atomic mass is 16.5. The Labute approximate surface area is 116 Å². The van der Waals surface area contributed by atoms with E-state index in [0.717, 1.165) is 52.4 Å². The molecule has 2 aliphatic rings. The highest BCUT2D eigenvalue weighted by Gasteiger charge is 2.30. The van der Waals surface area contributed by atoms with Gasteiger partial charge >= 0.3 is 0 Å². The van der Waals surface area contributed by atoms with E-state index in [9.17, 15) is 4.79 Å². The van der Waals surface area contributed by atoms with Crippen LogP contribution in [0.2, 0.25) is 0 Å². The quantitative estimate of drug-likeness (QED) is 0.644. The van der Waals surface area contributed by atoms with Gasteiger partial charge in [-0.25, -0.2) is 0 Å². The van der Waals surface area contributed by atoms with Gasteiger partial charge in [0.15, 0.2) is 0 Å². The van der Waals surface area contributed by atoms with Crippen LogP contribution in [0.4, 0.5) is 0 Å². The van der Waals surface area contributed by atoms with Crippen molar-refractivity contribution in [1.29, 1.82) is 0 Å². The Kier molecular flexibility index (Phi) is 6.07. The second kappa shape index (κ2) is 7.82. The summed E-state index contributed by atoms with van der Waals surface area (Å²) in [7, 11) is 0. The molecule has 2 fully saturated rings. The van der Waals surface area contributed by atoms with Gasteiger partial charge in [0.1, 0.15) is 0 Å². The van der Waals surface area contributed by atoms with Gasteiger partial charge in [-0.05, 0) is 39.3 Å². The van der Waals surface area contributed by atoms with Crippen LogP contribution in [0.15, 0.2) is 0 Å². The number of hydrogen-bond donors (Lipinski definition) is 1. The molecule has 0 atom stereocenters. The van der Waals surface area contributed by atoms with Crippen molar-refractivity contribution in [2.24, 2.45) is 0 Å². The third kappa shape index (κ3) is 5.09. The molecule has 1 saturated carbocycles. The molecule has 0 aromatic heterocycles. The summed E-state index contributed by atoms with van der Waals surface area (Å²) in [5.74, 6) is 0.261. The molecule has 1 amide bonds. The highest BCUT2D eigenvalue weighted by molar-refractivity contribution is 5.78. The van der Waals surface area contributed by atoms with E-state index >= 15 is 0 Å². The first-order valence-corrected chi connectivity index (χ1v) is 7.61. The summed E-state index contributed by atoms with van der Waals surface area (Å²) >= 11 is 0. The van der Waals surface area contributed by atoms with Gasteiger partial charge in [0.05, 0.1) is 19.8 Å². The fourth-order valence-corrected chi connectivity index (χ4v) is 2.57. The topological polar surface area (TPSA) is 44.8 Å². The van der Waals surface area contributed by atoms with E-state index in [-0.39, 0.29) is 5.91 Å². The molecule has 2 rings (SSSR count). The molecule has 1 heterocycles. The predicted octanol–water partition coefficient (Wildman–Crippen LogP) is 0.309. The Morgan fingerprint density at radius 2 is 2.11 bits per heavy atom. The van der Waals surface area contributed by atoms with E-state index in [1.54, 1.807) is 0 Å². The number of rotatable bonds is 8. The van der Waals surface area contributed by atoms with Gasteiger partial charge in [-0.3, -0.25) is 9.69 Å². The number of ether oxygens (including phenoxy) is 1. The van der Waals surface area contributed by atoms with Gasteiger partial charge in [0.25, 0.3) is 0 Å². The lowest BCUT2D eigenvalue weighted by Crippen LogP contribution is -2.41. The van der Waals surface area contributed by atoms with E-state index in [1.807, 2.05) is 4.90 Å². The summed E-state index contributed by atoms with van der Waals surface area (Å²) in [5, 5.41) is 3.27. The van der Waals surface area contributed by atoms with Crippen LogP contribution in [0.3, 0.4) is 0 Å². The SMILES string of the molecule is CCN(C(=O)CNCCCN1CCOCC1)C1CC1. The maximum absolute atomic E-state index is 12.0. The van der Waals surface area contributed by atoms with Crippen LogP contribution in [0, 0.1) is 0 Å². The standard InChI is InChI=1S/C14H27N3O2/c1-2-17(13-4-5-13)14(18)12-15-6-3-7-16-8-10-19-11-9-16/h13,15H,2-12H2,1H3. The molecule has 1 saturated heterocycles. The third-order valence-electron chi connectivity index (χ3n) is 3.86. The first-order valence-electron chi connectivity index (χ1n) is 7.61. The number of hydrogen-bond acceptors (Lipinski definition) is 4. The fraction of sp³-hybridized carbons (Fsp3) is 0.929. The van der Waals surface area contributed by atoms with Crippen molar-refractivity contribution in [2.75, 3.05) is 52.5 Å². The van der Waals surface area contributed by atoms with E-state index < -0.39 is 0 Å². The van der Waals surface area contributed by atoms with Crippen molar-refractivity contribution >= 4 is 5.91 Å². The zero-order valence-corrected chi connectivity index (χ0v) is 12.1. The number of carbonyl (C=O) groups excluding carboxylic acids is 1. The first kappa shape index (κ1) is 14.8. The molecular weight excluding hydrogens is 242 g/mol. The van der Waals surface area contributed by atoms with Gasteiger partial charge in [0, 0.05) is 25.7 Å². The number of likely N-dealkylation sites (N-methyl/N-ethyl adjacent to an activating group) is 1. The smallest absolute Gasteiger partial charge is 0.236 e. The molecule has 110 valence electrons. The molecule has 1 aliphatic heterocycles. The number of nitrogens with zero attached hydrogens (tertiary/aromatic N) is 2. The van der Waals surface area contributed by atoms with E-state index in [2.05, 4.69) is 17.1 Å². The summed E-state index contributed by atoms with van der Waals surface area (Å²) in [6.45, 7) is 9.24. The molecule has 5 heteroatoms. The molecule has 0 unspecified atom stereocenters. The molecule has 0 radical (unpaired) electrons. The summed E-state index contributed by atoms with van der Waals surface area (Å²) < 4.78 is 5.32. The van der Waals surface area contributed by atoms with Gasteiger partial charge in [-0.1, -0.05) is 0 Å². The normalized spacial score (nSPS) is 20.5. The molecular formula is C14H27N3O2. The van der Waals surface area contributed by atoms with Gasteiger partial charge in [0.2, 0.25) is 5.91 Å². The second-order valence-electron chi connectivity index (χ2n) is 5.40. The average Bonchev–Trinajstić information content (AvgIpc) is 3.25. The number of carbonyl (C=O) groups is 1. The van der Waals surface area contributed by atoms with Crippen molar-refractivity contribution in [2.45, 2.75) is 32.2 Å². The largest absolute Gasteiger partial charge is 0.379 e. The first-order chi connectivity index (χ1) is 9.31. The van der Waals surface area contributed by atoms with E-state index in [4.69, 9.17) is 4.74 Å². The molecule has 5 nitrogen and oxygen atoms in total. The Morgan fingerprint density at radius 1 is 1.37 bits per heavy atom. The molecule has 0 aromatic rings. The molecule has 19 heavy (non-hydrogen) atoms. The van der Waals surface area contributed by atoms with Crippen molar-refractivity contribution < 1.29 is 9.53 Å². The average molecular weight is 269 g/mol. The van der Waals surface area contributed by atoms with E-state index in [1.165, 1.54) is 12.8 Å². The molecule has 0 spiro atoms. The minimum atomic E-state index is 0.261.